The number of nitrogens with one attached hydrogen (secondary N) is 1. The summed E-state index contributed by atoms with van der Waals surface area (Å²) in [5, 5.41) is 2.89. The summed E-state index contributed by atoms with van der Waals surface area (Å²) in [7, 11) is 0. The molecule has 0 spiro atoms. The average Bonchev–Trinajstić information content (AvgIpc) is 2.39. The van der Waals surface area contributed by atoms with Gasteiger partial charge in [0.1, 0.15) is 5.82 Å². The summed E-state index contributed by atoms with van der Waals surface area (Å²) in [6.07, 6.45) is 1.66. The first-order valence-electron chi connectivity index (χ1n) is 6.02. The first-order chi connectivity index (χ1) is 9.49. The zero-order valence-electron chi connectivity index (χ0n) is 11.0. The van der Waals surface area contributed by atoms with Crippen LogP contribution >= 0.6 is 0 Å². The van der Waals surface area contributed by atoms with Crippen LogP contribution < -0.4 is 16.8 Å². The Morgan fingerprint density at radius 3 is 2.85 bits per heavy atom. The molecule has 5 nitrogen and oxygen atoms in total. The molecule has 0 aliphatic heterocycles. The van der Waals surface area contributed by atoms with Gasteiger partial charge < -0.3 is 16.8 Å². The number of hydrogen-bond acceptors (Lipinski definition) is 4. The van der Waals surface area contributed by atoms with Gasteiger partial charge in [0, 0.05) is 11.9 Å². The summed E-state index contributed by atoms with van der Waals surface area (Å²) in [4.78, 5) is 15.4. The second-order valence-electron chi connectivity index (χ2n) is 4.40. The molecule has 2 aromatic rings. The lowest BCUT2D eigenvalue weighted by molar-refractivity contribution is 0.100. The number of halogens is 1. The molecule has 0 radical (unpaired) electrons. The second kappa shape index (κ2) is 5.56. The molecule has 1 aromatic carbocycles. The van der Waals surface area contributed by atoms with Crippen molar-refractivity contribution < 1.29 is 9.18 Å². The standard InChI is InChI=1S/C14H15FN4O/c1-8-3-2-4-18-13(8)7-19-12-5-9(14(17)20)11(16)6-10(12)15/h2-6,19H,7,16H2,1H3,(H2,17,20). The second-order valence-corrected chi connectivity index (χ2v) is 4.40. The number of pyridine rings is 1. The number of benzene rings is 1. The van der Waals surface area contributed by atoms with Crippen LogP contribution in [0, 0.1) is 12.7 Å². The molecule has 0 bridgehead atoms. The third-order valence-electron chi connectivity index (χ3n) is 2.97. The summed E-state index contributed by atoms with van der Waals surface area (Å²) < 4.78 is 13.8. The van der Waals surface area contributed by atoms with E-state index in [1.54, 1.807) is 6.20 Å². The summed E-state index contributed by atoms with van der Waals surface area (Å²) >= 11 is 0. The minimum atomic E-state index is -0.695. The smallest absolute Gasteiger partial charge is 0.250 e. The Morgan fingerprint density at radius 1 is 1.45 bits per heavy atom. The summed E-state index contributed by atoms with van der Waals surface area (Å²) in [6, 6.07) is 6.13. The third-order valence-corrected chi connectivity index (χ3v) is 2.97. The van der Waals surface area contributed by atoms with Crippen LogP contribution in [0.4, 0.5) is 15.8 Å². The molecule has 0 atom stereocenters. The Morgan fingerprint density at radius 2 is 2.20 bits per heavy atom. The van der Waals surface area contributed by atoms with E-state index in [0.29, 0.717) is 6.54 Å². The minimum absolute atomic E-state index is 0.0227. The largest absolute Gasteiger partial charge is 0.398 e. The highest BCUT2D eigenvalue weighted by Gasteiger charge is 2.12. The van der Waals surface area contributed by atoms with Gasteiger partial charge in [0.05, 0.1) is 23.5 Å². The molecule has 2 rings (SSSR count). The number of nitrogens with two attached hydrogens (primary N) is 2. The molecule has 0 unspecified atom stereocenters. The number of rotatable bonds is 4. The van der Waals surface area contributed by atoms with Crippen molar-refractivity contribution in [3.8, 4) is 0 Å². The number of carbonyl (C=O) groups is 1. The van der Waals surface area contributed by atoms with Gasteiger partial charge in [-0.15, -0.1) is 0 Å². The molecular formula is C14H15FN4O. The predicted octanol–water partition coefficient (Wildman–Crippen LogP) is 1.82. The third kappa shape index (κ3) is 2.85. The van der Waals surface area contributed by atoms with Gasteiger partial charge in [-0.05, 0) is 30.7 Å². The van der Waals surface area contributed by atoms with E-state index in [2.05, 4.69) is 10.3 Å². The molecule has 0 aliphatic carbocycles. The van der Waals surface area contributed by atoms with Crippen molar-refractivity contribution in [3.63, 3.8) is 0 Å². The van der Waals surface area contributed by atoms with Crippen LogP contribution in [0.15, 0.2) is 30.5 Å². The van der Waals surface area contributed by atoms with E-state index >= 15 is 0 Å². The Hall–Kier alpha value is -2.63. The summed E-state index contributed by atoms with van der Waals surface area (Å²) in [6.45, 7) is 2.25. The number of anilines is 2. The van der Waals surface area contributed by atoms with Crippen LogP contribution in [-0.4, -0.2) is 10.9 Å². The highest BCUT2D eigenvalue weighted by Crippen LogP contribution is 2.22. The van der Waals surface area contributed by atoms with E-state index in [-0.39, 0.29) is 16.9 Å². The number of primary amides is 1. The molecule has 1 heterocycles. The topological polar surface area (TPSA) is 94.0 Å². The van der Waals surface area contributed by atoms with E-state index in [0.717, 1.165) is 17.3 Å². The van der Waals surface area contributed by atoms with E-state index in [4.69, 9.17) is 11.5 Å². The van der Waals surface area contributed by atoms with Crippen molar-refractivity contribution in [2.24, 2.45) is 5.73 Å². The Bertz CT molecular complexity index is 658. The molecule has 20 heavy (non-hydrogen) atoms. The van der Waals surface area contributed by atoms with Crippen molar-refractivity contribution >= 4 is 17.3 Å². The quantitative estimate of drug-likeness (QED) is 0.741. The monoisotopic (exact) mass is 274 g/mol. The summed E-state index contributed by atoms with van der Waals surface area (Å²) in [5.74, 6) is -1.24. The normalized spacial score (nSPS) is 10.3. The maximum atomic E-state index is 13.8. The molecule has 104 valence electrons. The zero-order valence-corrected chi connectivity index (χ0v) is 11.0. The van der Waals surface area contributed by atoms with Crippen molar-refractivity contribution in [2.75, 3.05) is 11.1 Å². The number of amides is 1. The van der Waals surface area contributed by atoms with Crippen molar-refractivity contribution in [3.05, 3.63) is 53.1 Å². The maximum Gasteiger partial charge on any atom is 0.250 e. The van der Waals surface area contributed by atoms with Crippen LogP contribution in [0.2, 0.25) is 0 Å². The van der Waals surface area contributed by atoms with E-state index in [1.165, 1.54) is 6.07 Å². The molecule has 0 saturated carbocycles. The van der Waals surface area contributed by atoms with Gasteiger partial charge in [0.2, 0.25) is 0 Å². The minimum Gasteiger partial charge on any atom is -0.398 e. The predicted molar refractivity (Wildman–Crippen MR) is 75.6 cm³/mol. The molecule has 0 aliphatic rings. The van der Waals surface area contributed by atoms with Gasteiger partial charge in [0.15, 0.2) is 0 Å². The fourth-order valence-corrected chi connectivity index (χ4v) is 1.82. The van der Waals surface area contributed by atoms with Crippen LogP contribution in [-0.2, 0) is 6.54 Å². The fraction of sp³-hybridized carbons (Fsp3) is 0.143. The lowest BCUT2D eigenvalue weighted by Crippen LogP contribution is -2.15. The van der Waals surface area contributed by atoms with E-state index in [1.807, 2.05) is 19.1 Å². The Kier molecular flexibility index (Phi) is 3.84. The van der Waals surface area contributed by atoms with Gasteiger partial charge in [-0.3, -0.25) is 9.78 Å². The van der Waals surface area contributed by atoms with Crippen molar-refractivity contribution in [2.45, 2.75) is 13.5 Å². The molecular weight excluding hydrogens is 259 g/mol. The number of nitrogens with zero attached hydrogens (tertiary/aromatic N) is 1. The fourth-order valence-electron chi connectivity index (χ4n) is 1.82. The molecule has 1 aromatic heterocycles. The van der Waals surface area contributed by atoms with Crippen LogP contribution in [0.3, 0.4) is 0 Å². The van der Waals surface area contributed by atoms with Gasteiger partial charge in [0.25, 0.3) is 5.91 Å². The van der Waals surface area contributed by atoms with Crippen molar-refractivity contribution in [1.82, 2.24) is 4.98 Å². The van der Waals surface area contributed by atoms with Gasteiger partial charge in [-0.1, -0.05) is 6.07 Å². The summed E-state index contributed by atoms with van der Waals surface area (Å²) in [5.41, 5.74) is 12.8. The number of carbonyl (C=O) groups excluding carboxylic acids is 1. The number of nitrogen functional groups attached to an aromatic ring is 1. The van der Waals surface area contributed by atoms with Gasteiger partial charge in [-0.2, -0.15) is 0 Å². The molecule has 1 amide bonds. The van der Waals surface area contributed by atoms with Crippen molar-refractivity contribution in [1.29, 1.82) is 0 Å². The van der Waals surface area contributed by atoms with Gasteiger partial charge in [-0.25, -0.2) is 4.39 Å². The van der Waals surface area contributed by atoms with E-state index in [9.17, 15) is 9.18 Å². The Balaban J connectivity index is 2.24. The first-order valence-corrected chi connectivity index (χ1v) is 6.02. The molecule has 6 heteroatoms. The number of hydrogen-bond donors (Lipinski definition) is 3. The lowest BCUT2D eigenvalue weighted by Gasteiger charge is -2.11. The number of aryl methyl sites for hydroxylation is 1. The average molecular weight is 274 g/mol. The highest BCUT2D eigenvalue weighted by atomic mass is 19.1. The molecule has 0 saturated heterocycles. The van der Waals surface area contributed by atoms with Gasteiger partial charge >= 0.3 is 0 Å². The van der Waals surface area contributed by atoms with E-state index < -0.39 is 11.7 Å². The number of aromatic nitrogens is 1. The first kappa shape index (κ1) is 13.8. The molecule has 0 fully saturated rings. The lowest BCUT2D eigenvalue weighted by atomic mass is 10.1. The Labute approximate surface area is 115 Å². The molecule has 5 N–H and O–H groups in total. The highest BCUT2D eigenvalue weighted by molar-refractivity contribution is 5.99. The SMILES string of the molecule is Cc1cccnc1CNc1cc(C(N)=O)c(N)cc1F. The zero-order chi connectivity index (χ0) is 14.7. The van der Waals surface area contributed by atoms with Crippen LogP contribution in [0.5, 0.6) is 0 Å². The van der Waals surface area contributed by atoms with Crippen LogP contribution in [0.25, 0.3) is 0 Å². The van der Waals surface area contributed by atoms with Crippen LogP contribution in [0.1, 0.15) is 21.6 Å². The maximum absolute atomic E-state index is 13.8.